The lowest BCUT2D eigenvalue weighted by atomic mass is 10.1. The third kappa shape index (κ3) is 4.66. The van der Waals surface area contributed by atoms with Crippen LogP contribution in [0, 0.1) is 0 Å². The molecule has 6 heteroatoms. The normalized spacial score (nSPS) is 12.5. The molecule has 130 valence electrons. The third-order valence-electron chi connectivity index (χ3n) is 3.89. The molecule has 2 rings (SSSR count). The van der Waals surface area contributed by atoms with Gasteiger partial charge in [0, 0.05) is 6.54 Å². The van der Waals surface area contributed by atoms with Crippen LogP contribution in [0.25, 0.3) is 0 Å². The summed E-state index contributed by atoms with van der Waals surface area (Å²) in [5, 5.41) is 15.6. The lowest BCUT2D eigenvalue weighted by Gasteiger charge is -2.21. The fourth-order valence-electron chi connectivity index (χ4n) is 2.57. The lowest BCUT2D eigenvalue weighted by Crippen LogP contribution is -2.41. The summed E-state index contributed by atoms with van der Waals surface area (Å²) in [6.45, 7) is 1.41. The molecular formula is C18H25N3O3. The molecular weight excluding hydrogens is 306 g/mol. The fraction of sp³-hybridized carbons (Fsp3) is 0.444. The summed E-state index contributed by atoms with van der Waals surface area (Å²) >= 11 is 0. The number of aliphatic hydroxyl groups excluding tert-OH is 1. The van der Waals surface area contributed by atoms with Gasteiger partial charge in [0.25, 0.3) is 10.9 Å². The minimum Gasteiger partial charge on any atom is -0.394 e. The lowest BCUT2D eigenvalue weighted by molar-refractivity contribution is 0.273. The molecule has 0 aliphatic carbocycles. The van der Waals surface area contributed by atoms with Gasteiger partial charge in [-0.2, -0.15) is 0 Å². The number of nitrogens with one attached hydrogen (secondary N) is 2. The standard InChI is InChI=1S/C18H25N3O3/c1-21(2)10-6-9-19-15-16(18(24)17(15)23)20-14(12-22)11-13-7-4-3-5-8-13/h3-5,7-8,14,19-20,22H,6,9-12H2,1-2H3. The summed E-state index contributed by atoms with van der Waals surface area (Å²) in [5.74, 6) is 0. The van der Waals surface area contributed by atoms with Gasteiger partial charge in [-0.15, -0.1) is 0 Å². The molecule has 1 atom stereocenters. The Morgan fingerprint density at radius 1 is 1.08 bits per heavy atom. The summed E-state index contributed by atoms with van der Waals surface area (Å²) in [5.41, 5.74) is 0.684. The second-order valence-electron chi connectivity index (χ2n) is 6.21. The van der Waals surface area contributed by atoms with Crippen LogP contribution >= 0.6 is 0 Å². The van der Waals surface area contributed by atoms with E-state index in [0.29, 0.717) is 24.3 Å². The van der Waals surface area contributed by atoms with E-state index in [9.17, 15) is 14.7 Å². The van der Waals surface area contributed by atoms with Crippen LogP contribution in [0.4, 0.5) is 11.4 Å². The van der Waals surface area contributed by atoms with E-state index in [2.05, 4.69) is 15.5 Å². The Balaban J connectivity index is 1.97. The summed E-state index contributed by atoms with van der Waals surface area (Å²) < 4.78 is 0. The summed E-state index contributed by atoms with van der Waals surface area (Å²) in [6.07, 6.45) is 1.45. The van der Waals surface area contributed by atoms with Crippen LogP contribution in [0.3, 0.4) is 0 Å². The number of hydrogen-bond acceptors (Lipinski definition) is 6. The Hall–Kier alpha value is -2.18. The Bertz CT molecular complexity index is 706. The molecule has 0 heterocycles. The number of rotatable bonds is 10. The molecule has 0 saturated carbocycles. The molecule has 0 saturated heterocycles. The van der Waals surface area contributed by atoms with Crippen LogP contribution in [-0.4, -0.2) is 49.8 Å². The van der Waals surface area contributed by atoms with Crippen LogP contribution in [0.2, 0.25) is 0 Å². The molecule has 3 N–H and O–H groups in total. The van der Waals surface area contributed by atoms with E-state index < -0.39 is 10.9 Å². The minimum atomic E-state index is -0.517. The van der Waals surface area contributed by atoms with Crippen molar-refractivity contribution in [3.63, 3.8) is 0 Å². The van der Waals surface area contributed by atoms with E-state index in [4.69, 9.17) is 0 Å². The van der Waals surface area contributed by atoms with Gasteiger partial charge in [-0.05, 0) is 39.0 Å². The van der Waals surface area contributed by atoms with Gasteiger partial charge in [-0.3, -0.25) is 9.59 Å². The predicted octanol–water partition coefficient (Wildman–Crippen LogP) is 0.662. The molecule has 0 fully saturated rings. The molecule has 6 nitrogen and oxygen atoms in total. The van der Waals surface area contributed by atoms with Crippen molar-refractivity contribution in [2.75, 3.05) is 44.4 Å². The SMILES string of the molecule is CN(C)CCCNc1c(NC(CO)Cc2ccccc2)c(=O)c1=O. The number of hydrogen-bond donors (Lipinski definition) is 3. The second-order valence-corrected chi connectivity index (χ2v) is 6.21. The average Bonchev–Trinajstić information content (AvgIpc) is 2.59. The van der Waals surface area contributed by atoms with Gasteiger partial charge in [0.15, 0.2) is 0 Å². The van der Waals surface area contributed by atoms with Crippen molar-refractivity contribution in [1.82, 2.24) is 4.90 Å². The molecule has 0 bridgehead atoms. The van der Waals surface area contributed by atoms with E-state index in [-0.39, 0.29) is 12.6 Å². The Morgan fingerprint density at radius 2 is 1.75 bits per heavy atom. The fourth-order valence-corrected chi connectivity index (χ4v) is 2.57. The quantitative estimate of drug-likeness (QED) is 0.438. The number of nitrogens with zero attached hydrogens (tertiary/aromatic N) is 1. The number of anilines is 2. The predicted molar refractivity (Wildman–Crippen MR) is 97.7 cm³/mol. The first-order chi connectivity index (χ1) is 11.5. The molecule has 1 unspecified atom stereocenters. The van der Waals surface area contributed by atoms with Gasteiger partial charge < -0.3 is 20.6 Å². The molecule has 2 aromatic rings. The van der Waals surface area contributed by atoms with Crippen LogP contribution in [0.5, 0.6) is 0 Å². The van der Waals surface area contributed by atoms with Crippen molar-refractivity contribution in [3.8, 4) is 0 Å². The zero-order valence-corrected chi connectivity index (χ0v) is 14.2. The van der Waals surface area contributed by atoms with Crippen molar-refractivity contribution in [3.05, 3.63) is 56.3 Å². The van der Waals surface area contributed by atoms with E-state index >= 15 is 0 Å². The van der Waals surface area contributed by atoms with E-state index in [0.717, 1.165) is 18.5 Å². The zero-order valence-electron chi connectivity index (χ0n) is 14.2. The number of aliphatic hydroxyl groups is 1. The topological polar surface area (TPSA) is 81.7 Å². The number of benzene rings is 1. The minimum absolute atomic E-state index is 0.117. The first-order valence-corrected chi connectivity index (χ1v) is 8.16. The zero-order chi connectivity index (χ0) is 17.5. The first kappa shape index (κ1) is 18.2. The van der Waals surface area contributed by atoms with E-state index in [1.54, 1.807) is 0 Å². The van der Waals surface area contributed by atoms with Crippen molar-refractivity contribution < 1.29 is 5.11 Å². The summed E-state index contributed by atoms with van der Waals surface area (Å²) in [6, 6.07) is 9.41. The van der Waals surface area contributed by atoms with Gasteiger partial charge in [-0.25, -0.2) is 0 Å². The van der Waals surface area contributed by atoms with E-state index in [1.165, 1.54) is 0 Å². The van der Waals surface area contributed by atoms with Crippen LogP contribution in [-0.2, 0) is 6.42 Å². The Labute approximate surface area is 141 Å². The molecule has 2 aromatic carbocycles. The molecule has 0 amide bonds. The molecule has 0 radical (unpaired) electrons. The molecule has 0 aliphatic heterocycles. The van der Waals surface area contributed by atoms with Crippen molar-refractivity contribution in [2.24, 2.45) is 0 Å². The van der Waals surface area contributed by atoms with Crippen molar-refractivity contribution in [1.29, 1.82) is 0 Å². The molecule has 0 aliphatic rings. The highest BCUT2D eigenvalue weighted by atomic mass is 16.3. The Morgan fingerprint density at radius 3 is 2.38 bits per heavy atom. The van der Waals surface area contributed by atoms with Crippen LogP contribution < -0.4 is 21.5 Å². The van der Waals surface area contributed by atoms with Crippen molar-refractivity contribution in [2.45, 2.75) is 18.9 Å². The van der Waals surface area contributed by atoms with Crippen molar-refractivity contribution >= 4 is 11.4 Å². The third-order valence-corrected chi connectivity index (χ3v) is 3.89. The van der Waals surface area contributed by atoms with Gasteiger partial charge in [0.05, 0.1) is 12.6 Å². The smallest absolute Gasteiger partial charge is 0.253 e. The maximum Gasteiger partial charge on any atom is 0.253 e. The highest BCUT2D eigenvalue weighted by molar-refractivity contribution is 5.74. The van der Waals surface area contributed by atoms with Gasteiger partial charge in [-0.1, -0.05) is 30.3 Å². The molecule has 24 heavy (non-hydrogen) atoms. The van der Waals surface area contributed by atoms with Gasteiger partial charge in [0.1, 0.15) is 11.4 Å². The summed E-state index contributed by atoms with van der Waals surface area (Å²) in [7, 11) is 3.97. The largest absolute Gasteiger partial charge is 0.394 e. The molecule has 0 aromatic heterocycles. The maximum atomic E-state index is 11.8. The van der Waals surface area contributed by atoms with Gasteiger partial charge in [0.2, 0.25) is 0 Å². The van der Waals surface area contributed by atoms with Crippen LogP contribution in [0.15, 0.2) is 39.9 Å². The highest BCUT2D eigenvalue weighted by Gasteiger charge is 2.23. The Kier molecular flexibility index (Phi) is 6.52. The van der Waals surface area contributed by atoms with Gasteiger partial charge >= 0.3 is 0 Å². The van der Waals surface area contributed by atoms with E-state index in [1.807, 2.05) is 44.4 Å². The maximum absolute atomic E-state index is 11.8. The summed E-state index contributed by atoms with van der Waals surface area (Å²) in [4.78, 5) is 25.6. The first-order valence-electron chi connectivity index (χ1n) is 8.16. The monoisotopic (exact) mass is 331 g/mol. The second kappa shape index (κ2) is 8.61. The highest BCUT2D eigenvalue weighted by Crippen LogP contribution is 2.17. The van der Waals surface area contributed by atoms with Crippen LogP contribution in [0.1, 0.15) is 12.0 Å². The average molecular weight is 331 g/mol. The molecule has 0 spiro atoms.